The smallest absolute Gasteiger partial charge is 0.248 e. The van der Waals surface area contributed by atoms with Crippen LogP contribution >= 0.6 is 0 Å². The number of aromatic nitrogens is 2. The molecule has 2 N–H and O–H groups in total. The van der Waals surface area contributed by atoms with Gasteiger partial charge in [0.15, 0.2) is 0 Å². The Morgan fingerprint density at radius 3 is 2.45 bits per heavy atom. The molecule has 0 radical (unpaired) electrons. The number of anilines is 1. The molecule has 0 saturated carbocycles. The Morgan fingerprint density at radius 2 is 1.81 bits per heavy atom. The van der Waals surface area contributed by atoms with Crippen LogP contribution in [0.3, 0.4) is 0 Å². The van der Waals surface area contributed by atoms with E-state index in [0.29, 0.717) is 18.1 Å². The van der Waals surface area contributed by atoms with Crippen LogP contribution in [0, 0.1) is 0 Å². The Kier molecular flexibility index (Phi) is 6.18. The summed E-state index contributed by atoms with van der Waals surface area (Å²) in [5.41, 5.74) is 8.49. The number of carbonyl (C=O) groups is 2. The first-order valence-corrected chi connectivity index (χ1v) is 10.9. The minimum atomic E-state index is -0.458. The van der Waals surface area contributed by atoms with E-state index in [1.165, 1.54) is 12.8 Å². The molecular weight excluding hydrogens is 392 g/mol. The van der Waals surface area contributed by atoms with E-state index in [9.17, 15) is 9.59 Å². The van der Waals surface area contributed by atoms with Gasteiger partial charge in [0.05, 0.1) is 18.3 Å². The molecule has 4 rings (SSSR count). The average molecular weight is 423 g/mol. The predicted octanol–water partition coefficient (Wildman–Crippen LogP) is 2.07. The van der Waals surface area contributed by atoms with Gasteiger partial charge in [-0.05, 0) is 56.5 Å². The Morgan fingerprint density at radius 1 is 1.10 bits per heavy atom. The second-order valence-electron chi connectivity index (χ2n) is 8.53. The van der Waals surface area contributed by atoms with Crippen molar-refractivity contribution in [3.05, 3.63) is 41.7 Å². The molecule has 1 unspecified atom stereocenters. The first-order valence-electron chi connectivity index (χ1n) is 10.9. The molecule has 2 aliphatic heterocycles. The van der Waals surface area contributed by atoms with Crippen molar-refractivity contribution < 1.29 is 9.59 Å². The lowest BCUT2D eigenvalue weighted by atomic mass is 9.98. The van der Waals surface area contributed by atoms with Crippen LogP contribution in [0.25, 0.3) is 11.1 Å². The van der Waals surface area contributed by atoms with Crippen LogP contribution in [0.2, 0.25) is 0 Å². The summed E-state index contributed by atoms with van der Waals surface area (Å²) in [6, 6.07) is 7.08. The van der Waals surface area contributed by atoms with E-state index >= 15 is 0 Å². The third-order valence-electron chi connectivity index (χ3n) is 6.13. The van der Waals surface area contributed by atoms with Gasteiger partial charge >= 0.3 is 0 Å². The number of carbonyl (C=O) groups excluding carboxylic acids is 2. The summed E-state index contributed by atoms with van der Waals surface area (Å²) in [7, 11) is 3.82. The lowest BCUT2D eigenvalue weighted by Crippen LogP contribution is -2.39. The van der Waals surface area contributed by atoms with Crippen LogP contribution in [0.4, 0.5) is 5.95 Å². The van der Waals surface area contributed by atoms with E-state index in [2.05, 4.69) is 9.88 Å². The maximum Gasteiger partial charge on any atom is 0.248 e. The molecular formula is C23H30N6O2. The molecule has 164 valence electrons. The van der Waals surface area contributed by atoms with E-state index in [-0.39, 0.29) is 11.9 Å². The molecule has 0 spiro atoms. The first-order chi connectivity index (χ1) is 14.9. The highest BCUT2D eigenvalue weighted by molar-refractivity contribution is 5.93. The zero-order valence-electron chi connectivity index (χ0n) is 18.3. The van der Waals surface area contributed by atoms with Gasteiger partial charge in [-0.2, -0.15) is 0 Å². The maximum absolute atomic E-state index is 13.2. The van der Waals surface area contributed by atoms with Crippen LogP contribution in [-0.4, -0.2) is 71.9 Å². The summed E-state index contributed by atoms with van der Waals surface area (Å²) < 4.78 is 0. The van der Waals surface area contributed by atoms with Gasteiger partial charge in [0, 0.05) is 38.0 Å². The van der Waals surface area contributed by atoms with E-state index in [0.717, 1.165) is 49.3 Å². The highest BCUT2D eigenvalue weighted by Gasteiger charge is 2.34. The third kappa shape index (κ3) is 4.54. The van der Waals surface area contributed by atoms with Crippen LogP contribution in [0.1, 0.15) is 47.8 Å². The van der Waals surface area contributed by atoms with Gasteiger partial charge in [0.2, 0.25) is 17.8 Å². The molecule has 1 aromatic carbocycles. The van der Waals surface area contributed by atoms with Crippen molar-refractivity contribution >= 4 is 17.8 Å². The summed E-state index contributed by atoms with van der Waals surface area (Å²) in [4.78, 5) is 40.1. The van der Waals surface area contributed by atoms with E-state index in [1.807, 2.05) is 42.2 Å². The van der Waals surface area contributed by atoms with E-state index in [1.54, 1.807) is 12.1 Å². The van der Waals surface area contributed by atoms with Crippen molar-refractivity contribution in [3.63, 3.8) is 0 Å². The number of primary amides is 1. The fraction of sp³-hybridized carbons (Fsp3) is 0.478. The van der Waals surface area contributed by atoms with Crippen molar-refractivity contribution in [3.8, 4) is 11.1 Å². The van der Waals surface area contributed by atoms with E-state index < -0.39 is 5.91 Å². The number of hydrogen-bond acceptors (Lipinski definition) is 6. The highest BCUT2D eigenvalue weighted by atomic mass is 16.2. The Balaban J connectivity index is 1.68. The number of hydrogen-bond donors (Lipinski definition) is 1. The van der Waals surface area contributed by atoms with Crippen LogP contribution in [-0.2, 0) is 4.79 Å². The molecule has 2 aliphatic rings. The molecule has 2 fully saturated rings. The molecule has 31 heavy (non-hydrogen) atoms. The number of nitrogens with zero attached hydrogens (tertiary/aromatic N) is 5. The molecule has 2 aromatic rings. The number of nitrogens with two attached hydrogens (primary N) is 1. The minimum Gasteiger partial charge on any atom is -0.366 e. The quantitative estimate of drug-likeness (QED) is 0.766. The summed E-state index contributed by atoms with van der Waals surface area (Å²) >= 11 is 0. The summed E-state index contributed by atoms with van der Waals surface area (Å²) in [6.45, 7) is 3.23. The van der Waals surface area contributed by atoms with Gasteiger partial charge in [0.1, 0.15) is 0 Å². The number of likely N-dealkylation sites (tertiary alicyclic amines) is 2. The average Bonchev–Trinajstić information content (AvgIpc) is 3.45. The van der Waals surface area contributed by atoms with Crippen LogP contribution in [0.15, 0.2) is 30.5 Å². The third-order valence-corrected chi connectivity index (χ3v) is 6.13. The molecule has 0 bridgehead atoms. The molecule has 8 nitrogen and oxygen atoms in total. The van der Waals surface area contributed by atoms with Crippen molar-refractivity contribution in [1.82, 2.24) is 19.8 Å². The van der Waals surface area contributed by atoms with Gasteiger partial charge in [-0.3, -0.25) is 14.5 Å². The molecule has 2 amide bonds. The van der Waals surface area contributed by atoms with Crippen LogP contribution < -0.4 is 10.6 Å². The van der Waals surface area contributed by atoms with Gasteiger partial charge in [-0.25, -0.2) is 9.97 Å². The van der Waals surface area contributed by atoms with Crippen molar-refractivity contribution in [2.24, 2.45) is 5.73 Å². The Hall–Kier alpha value is -3.00. The number of rotatable bonds is 6. The fourth-order valence-corrected chi connectivity index (χ4v) is 4.46. The molecule has 1 aromatic heterocycles. The summed E-state index contributed by atoms with van der Waals surface area (Å²) in [5.74, 6) is 0.330. The standard InChI is InChI=1S/C23H30N6O2/c1-27(2)23-25-14-18(16-7-9-17(10-8-16)22(24)31)21(26-23)19-6-5-13-29(19)20(30)15-28-11-3-4-12-28/h7-10,14,19H,3-6,11-13,15H2,1-2H3,(H2,24,31). The molecule has 3 heterocycles. The van der Waals surface area contributed by atoms with Gasteiger partial charge in [-0.1, -0.05) is 12.1 Å². The maximum atomic E-state index is 13.2. The number of amides is 2. The van der Waals surface area contributed by atoms with Crippen molar-refractivity contribution in [1.29, 1.82) is 0 Å². The molecule has 2 saturated heterocycles. The predicted molar refractivity (Wildman–Crippen MR) is 120 cm³/mol. The Bertz CT molecular complexity index is 953. The Labute approximate surface area is 183 Å². The summed E-state index contributed by atoms with van der Waals surface area (Å²) in [6.07, 6.45) is 5.98. The van der Waals surface area contributed by atoms with E-state index in [4.69, 9.17) is 10.7 Å². The van der Waals surface area contributed by atoms with Crippen molar-refractivity contribution in [2.45, 2.75) is 31.7 Å². The lowest BCUT2D eigenvalue weighted by Gasteiger charge is -2.28. The zero-order valence-corrected chi connectivity index (χ0v) is 18.3. The lowest BCUT2D eigenvalue weighted by molar-refractivity contribution is -0.133. The van der Waals surface area contributed by atoms with Gasteiger partial charge in [0.25, 0.3) is 0 Å². The SMILES string of the molecule is CN(C)c1ncc(-c2ccc(C(N)=O)cc2)c(C2CCCN2C(=O)CN2CCCC2)n1. The van der Waals surface area contributed by atoms with Crippen molar-refractivity contribution in [2.75, 3.05) is 45.2 Å². The van der Waals surface area contributed by atoms with Crippen LogP contribution in [0.5, 0.6) is 0 Å². The molecule has 1 atom stereocenters. The minimum absolute atomic E-state index is 0.0809. The van der Waals surface area contributed by atoms with Gasteiger partial charge < -0.3 is 15.5 Å². The monoisotopic (exact) mass is 422 g/mol. The second-order valence-corrected chi connectivity index (χ2v) is 8.53. The molecule has 0 aliphatic carbocycles. The molecule has 8 heteroatoms. The summed E-state index contributed by atoms with van der Waals surface area (Å²) in [5, 5.41) is 0. The second kappa shape index (κ2) is 9.01. The first kappa shape index (κ1) is 21.2. The zero-order chi connectivity index (χ0) is 22.0. The van der Waals surface area contributed by atoms with Gasteiger partial charge in [-0.15, -0.1) is 0 Å². The normalized spacial score (nSPS) is 19.0. The topological polar surface area (TPSA) is 95.7 Å². The highest BCUT2D eigenvalue weighted by Crippen LogP contribution is 2.37. The number of benzene rings is 1. The fourth-order valence-electron chi connectivity index (χ4n) is 4.46. The largest absolute Gasteiger partial charge is 0.366 e.